The Balaban J connectivity index is 1.76. The third-order valence-electron chi connectivity index (χ3n) is 5.28. The van der Waals surface area contributed by atoms with Crippen molar-refractivity contribution in [3.8, 4) is 5.75 Å². The van der Waals surface area contributed by atoms with E-state index in [2.05, 4.69) is 22.1 Å². The SMILES string of the molecule is CCOC(=O)c1[nH]c2ccc(OC)cc2c1NC(=O)CCN1CCC(C)CC1. The van der Waals surface area contributed by atoms with Crippen molar-refractivity contribution < 1.29 is 19.1 Å². The van der Waals surface area contributed by atoms with E-state index in [1.807, 2.05) is 6.07 Å². The molecule has 0 aliphatic carbocycles. The van der Waals surface area contributed by atoms with Crippen LogP contribution in [0.15, 0.2) is 18.2 Å². The molecule has 0 saturated carbocycles. The standard InChI is InChI=1S/C21H29N3O4/c1-4-28-21(26)20-19(16-13-15(27-3)5-6-17(16)22-20)23-18(25)9-12-24-10-7-14(2)8-11-24/h5-6,13-14,22H,4,7-12H2,1-3H3,(H,23,25). The molecule has 0 atom stereocenters. The molecule has 2 aromatic rings. The lowest BCUT2D eigenvalue weighted by atomic mass is 9.99. The second kappa shape index (κ2) is 9.10. The van der Waals surface area contributed by atoms with Crippen LogP contribution in [-0.4, -0.2) is 55.1 Å². The number of carbonyl (C=O) groups is 2. The van der Waals surface area contributed by atoms with Gasteiger partial charge in [-0.15, -0.1) is 0 Å². The topological polar surface area (TPSA) is 83.7 Å². The molecule has 7 nitrogen and oxygen atoms in total. The van der Waals surface area contributed by atoms with Crippen LogP contribution in [0.3, 0.4) is 0 Å². The maximum Gasteiger partial charge on any atom is 0.356 e. The molecule has 1 aromatic heterocycles. The summed E-state index contributed by atoms with van der Waals surface area (Å²) >= 11 is 0. The van der Waals surface area contributed by atoms with Crippen LogP contribution in [0.4, 0.5) is 5.69 Å². The highest BCUT2D eigenvalue weighted by molar-refractivity contribution is 6.11. The van der Waals surface area contributed by atoms with Crippen molar-refractivity contribution >= 4 is 28.5 Å². The van der Waals surface area contributed by atoms with E-state index < -0.39 is 5.97 Å². The number of carbonyl (C=O) groups excluding carboxylic acids is 2. The van der Waals surface area contributed by atoms with Gasteiger partial charge in [-0.25, -0.2) is 4.79 Å². The number of hydrogen-bond acceptors (Lipinski definition) is 5. The average molecular weight is 387 g/mol. The number of aromatic nitrogens is 1. The number of rotatable bonds is 7. The van der Waals surface area contributed by atoms with Gasteiger partial charge in [-0.1, -0.05) is 6.92 Å². The number of methoxy groups -OCH3 is 1. The van der Waals surface area contributed by atoms with E-state index in [0.717, 1.165) is 36.5 Å². The molecule has 0 unspecified atom stereocenters. The largest absolute Gasteiger partial charge is 0.497 e. The zero-order valence-corrected chi connectivity index (χ0v) is 16.8. The summed E-state index contributed by atoms with van der Waals surface area (Å²) in [6, 6.07) is 5.42. The van der Waals surface area contributed by atoms with Gasteiger partial charge in [-0.3, -0.25) is 4.79 Å². The van der Waals surface area contributed by atoms with Crippen molar-refractivity contribution in [2.45, 2.75) is 33.1 Å². The molecular formula is C21H29N3O4. The highest BCUT2D eigenvalue weighted by Gasteiger charge is 2.22. The summed E-state index contributed by atoms with van der Waals surface area (Å²) in [5.41, 5.74) is 1.44. The number of amides is 1. The van der Waals surface area contributed by atoms with E-state index in [0.29, 0.717) is 17.9 Å². The van der Waals surface area contributed by atoms with Gasteiger partial charge in [0.1, 0.15) is 11.4 Å². The van der Waals surface area contributed by atoms with Crippen molar-refractivity contribution in [3.63, 3.8) is 0 Å². The molecule has 2 heterocycles. The first kappa shape index (κ1) is 20.2. The van der Waals surface area contributed by atoms with Gasteiger partial charge >= 0.3 is 5.97 Å². The molecule has 0 radical (unpaired) electrons. The van der Waals surface area contributed by atoms with Gasteiger partial charge in [0.15, 0.2) is 0 Å². The molecule has 28 heavy (non-hydrogen) atoms. The maximum atomic E-state index is 12.6. The normalized spacial score (nSPS) is 15.5. The highest BCUT2D eigenvalue weighted by atomic mass is 16.5. The van der Waals surface area contributed by atoms with Gasteiger partial charge < -0.3 is 24.7 Å². The molecule has 2 N–H and O–H groups in total. The van der Waals surface area contributed by atoms with Crippen LogP contribution >= 0.6 is 0 Å². The smallest absolute Gasteiger partial charge is 0.356 e. The molecule has 1 aliphatic rings. The third-order valence-corrected chi connectivity index (χ3v) is 5.28. The first-order valence-corrected chi connectivity index (χ1v) is 9.90. The Bertz CT molecular complexity index is 838. The van der Waals surface area contributed by atoms with Crippen LogP contribution in [0.2, 0.25) is 0 Å². The lowest BCUT2D eigenvalue weighted by molar-refractivity contribution is -0.116. The zero-order valence-electron chi connectivity index (χ0n) is 16.8. The maximum absolute atomic E-state index is 12.6. The molecule has 1 aliphatic heterocycles. The number of piperidine rings is 1. The molecule has 0 spiro atoms. The number of anilines is 1. The fourth-order valence-electron chi connectivity index (χ4n) is 3.53. The van der Waals surface area contributed by atoms with Crippen LogP contribution in [0, 0.1) is 5.92 Å². The second-order valence-electron chi connectivity index (χ2n) is 7.33. The van der Waals surface area contributed by atoms with Crippen molar-refractivity contribution in [2.24, 2.45) is 5.92 Å². The van der Waals surface area contributed by atoms with Gasteiger partial charge in [0, 0.05) is 23.9 Å². The number of aromatic amines is 1. The minimum Gasteiger partial charge on any atom is -0.497 e. The summed E-state index contributed by atoms with van der Waals surface area (Å²) in [4.78, 5) is 30.4. The Morgan fingerprint density at radius 2 is 2.04 bits per heavy atom. The number of ether oxygens (including phenoxy) is 2. The van der Waals surface area contributed by atoms with E-state index >= 15 is 0 Å². The monoisotopic (exact) mass is 387 g/mol. The van der Waals surface area contributed by atoms with E-state index in [-0.39, 0.29) is 18.2 Å². The van der Waals surface area contributed by atoms with Crippen molar-refractivity contribution in [3.05, 3.63) is 23.9 Å². The van der Waals surface area contributed by atoms with Gasteiger partial charge in [0.05, 0.1) is 19.4 Å². The average Bonchev–Trinajstić information content (AvgIpc) is 3.05. The number of hydrogen-bond donors (Lipinski definition) is 2. The molecule has 1 fully saturated rings. The van der Waals surface area contributed by atoms with Gasteiger partial charge in [-0.2, -0.15) is 0 Å². The summed E-state index contributed by atoms with van der Waals surface area (Å²) in [6.45, 7) is 7.07. The Morgan fingerprint density at radius 3 is 2.71 bits per heavy atom. The Kier molecular flexibility index (Phi) is 6.57. The number of benzene rings is 1. The summed E-state index contributed by atoms with van der Waals surface area (Å²) in [7, 11) is 1.58. The molecule has 3 rings (SSSR count). The first-order valence-electron chi connectivity index (χ1n) is 9.90. The number of esters is 1. The fourth-order valence-corrected chi connectivity index (χ4v) is 3.53. The van der Waals surface area contributed by atoms with Gasteiger partial charge in [-0.05, 0) is 57.0 Å². The molecule has 7 heteroatoms. The zero-order chi connectivity index (χ0) is 20.1. The fraction of sp³-hybridized carbons (Fsp3) is 0.524. The predicted molar refractivity (Wildman–Crippen MR) is 109 cm³/mol. The summed E-state index contributed by atoms with van der Waals surface area (Å²) in [5, 5.41) is 3.64. The Labute approximate surface area is 165 Å². The molecular weight excluding hydrogens is 358 g/mol. The van der Waals surface area contributed by atoms with Crippen LogP contribution < -0.4 is 10.1 Å². The van der Waals surface area contributed by atoms with E-state index in [1.54, 1.807) is 26.2 Å². The highest BCUT2D eigenvalue weighted by Crippen LogP contribution is 2.31. The second-order valence-corrected chi connectivity index (χ2v) is 7.33. The molecule has 1 saturated heterocycles. The predicted octanol–water partition coefficient (Wildman–Crippen LogP) is 3.41. The first-order chi connectivity index (χ1) is 13.5. The number of H-pyrrole nitrogens is 1. The van der Waals surface area contributed by atoms with Crippen molar-refractivity contribution in [1.29, 1.82) is 0 Å². The number of likely N-dealkylation sites (tertiary alicyclic amines) is 1. The van der Waals surface area contributed by atoms with Crippen molar-refractivity contribution in [2.75, 3.05) is 38.7 Å². The van der Waals surface area contributed by atoms with E-state index in [4.69, 9.17) is 9.47 Å². The van der Waals surface area contributed by atoms with Crippen molar-refractivity contribution in [1.82, 2.24) is 9.88 Å². The summed E-state index contributed by atoms with van der Waals surface area (Å²) in [6.07, 6.45) is 2.74. The minimum atomic E-state index is -0.488. The molecule has 152 valence electrons. The number of fused-ring (bicyclic) bond motifs is 1. The Hall–Kier alpha value is -2.54. The van der Waals surface area contributed by atoms with Crippen LogP contribution in [-0.2, 0) is 9.53 Å². The van der Waals surface area contributed by atoms with Crippen LogP contribution in [0.1, 0.15) is 43.6 Å². The minimum absolute atomic E-state index is 0.118. The van der Waals surface area contributed by atoms with E-state index in [9.17, 15) is 9.59 Å². The third kappa shape index (κ3) is 4.65. The van der Waals surface area contributed by atoms with Crippen LogP contribution in [0.25, 0.3) is 10.9 Å². The van der Waals surface area contributed by atoms with Crippen LogP contribution in [0.5, 0.6) is 5.75 Å². The molecule has 1 amide bonds. The van der Waals surface area contributed by atoms with Gasteiger partial charge in [0.2, 0.25) is 5.91 Å². The summed E-state index contributed by atoms with van der Waals surface area (Å²) < 4.78 is 10.4. The van der Waals surface area contributed by atoms with E-state index in [1.165, 1.54) is 12.8 Å². The quantitative estimate of drug-likeness (QED) is 0.712. The number of nitrogens with one attached hydrogen (secondary N) is 2. The lowest BCUT2D eigenvalue weighted by Crippen LogP contribution is -2.35. The summed E-state index contributed by atoms with van der Waals surface area (Å²) in [5.74, 6) is 0.809. The molecule has 0 bridgehead atoms. The molecule has 1 aromatic carbocycles. The Morgan fingerprint density at radius 1 is 1.29 bits per heavy atom. The lowest BCUT2D eigenvalue weighted by Gasteiger charge is -2.29. The number of nitrogens with zero attached hydrogens (tertiary/aromatic N) is 1. The van der Waals surface area contributed by atoms with Gasteiger partial charge in [0.25, 0.3) is 0 Å².